The van der Waals surface area contributed by atoms with Crippen LogP contribution in [0.5, 0.6) is 5.75 Å². The van der Waals surface area contributed by atoms with E-state index in [0.29, 0.717) is 0 Å². The number of carbonyl (C=O) groups is 2. The second kappa shape index (κ2) is 7.08. The van der Waals surface area contributed by atoms with Crippen molar-refractivity contribution in [3.05, 3.63) is 23.8 Å². The Bertz CT molecular complexity index is 597. The van der Waals surface area contributed by atoms with E-state index in [2.05, 4.69) is 10.1 Å². The van der Waals surface area contributed by atoms with Crippen LogP contribution in [-0.4, -0.2) is 29.7 Å². The maximum atomic E-state index is 12.5. The van der Waals surface area contributed by atoms with Gasteiger partial charge in [-0.2, -0.15) is 0 Å². The molecule has 0 saturated carbocycles. The molecule has 1 amide bonds. The van der Waals surface area contributed by atoms with Gasteiger partial charge in [0, 0.05) is 5.56 Å². The molecule has 1 rings (SSSR count). The van der Waals surface area contributed by atoms with E-state index in [4.69, 9.17) is 16.3 Å². The summed E-state index contributed by atoms with van der Waals surface area (Å²) < 4.78 is 46.2. The second-order valence-corrected chi connectivity index (χ2v) is 5.68. The molecule has 23 heavy (non-hydrogen) atoms. The lowest BCUT2D eigenvalue weighted by molar-refractivity contribution is -0.274. The number of hydrogen-bond acceptors (Lipinski definition) is 4. The Kier molecular flexibility index (Phi) is 5.87. The lowest BCUT2D eigenvalue weighted by Crippen LogP contribution is -2.28. The van der Waals surface area contributed by atoms with E-state index in [9.17, 15) is 22.8 Å². The molecule has 128 valence electrons. The number of halogens is 4. The van der Waals surface area contributed by atoms with Crippen molar-refractivity contribution in [3.63, 3.8) is 0 Å². The second-order valence-electron chi connectivity index (χ2n) is 5.41. The molecule has 0 aromatic heterocycles. The van der Waals surface area contributed by atoms with Crippen molar-refractivity contribution in [2.75, 3.05) is 11.2 Å². The van der Waals surface area contributed by atoms with Crippen molar-refractivity contribution in [1.29, 1.82) is 0 Å². The number of nitrogens with one attached hydrogen (secondary N) is 1. The van der Waals surface area contributed by atoms with Crippen molar-refractivity contribution < 1.29 is 32.2 Å². The molecule has 0 aliphatic rings. The Morgan fingerprint density at radius 3 is 2.30 bits per heavy atom. The average molecular weight is 354 g/mol. The first-order chi connectivity index (χ1) is 10.4. The largest absolute Gasteiger partial charge is 0.573 e. The number of alkyl halides is 4. The van der Waals surface area contributed by atoms with E-state index in [-0.39, 0.29) is 5.56 Å². The number of para-hydroxylation sites is 1. The van der Waals surface area contributed by atoms with Crippen LogP contribution in [0.2, 0.25) is 0 Å². The number of rotatable bonds is 4. The Morgan fingerprint density at radius 2 is 1.83 bits per heavy atom. The summed E-state index contributed by atoms with van der Waals surface area (Å²) in [5, 5.41) is 2.11. The van der Waals surface area contributed by atoms with Crippen molar-refractivity contribution in [2.24, 2.45) is 0 Å². The SMILES string of the molecule is CC(C)(C)OC(=O)Nc1c(OC(F)(F)F)cccc1C(=O)CCl. The minimum Gasteiger partial charge on any atom is -0.444 e. The molecule has 5 nitrogen and oxygen atoms in total. The highest BCUT2D eigenvalue weighted by molar-refractivity contribution is 6.31. The summed E-state index contributed by atoms with van der Waals surface area (Å²) in [6.45, 7) is 4.74. The molecule has 1 N–H and O–H groups in total. The zero-order chi connectivity index (χ0) is 17.8. The molecule has 0 bridgehead atoms. The lowest BCUT2D eigenvalue weighted by Gasteiger charge is -2.21. The standard InChI is InChI=1S/C14H15ClF3NO4/c1-13(2,3)23-12(21)19-11-8(9(20)7-15)5-4-6-10(11)22-14(16,17)18/h4-6H,7H2,1-3H3,(H,19,21). The summed E-state index contributed by atoms with van der Waals surface area (Å²) in [5.41, 5.74) is -1.54. The first kappa shape index (κ1) is 19.1. The quantitative estimate of drug-likeness (QED) is 0.645. The van der Waals surface area contributed by atoms with E-state index < -0.39 is 41.2 Å². The summed E-state index contributed by atoms with van der Waals surface area (Å²) in [5.74, 6) is -1.89. The summed E-state index contributed by atoms with van der Waals surface area (Å²) in [7, 11) is 0. The number of ether oxygens (including phenoxy) is 2. The third-order valence-corrected chi connectivity index (χ3v) is 2.54. The normalized spacial score (nSPS) is 11.8. The fourth-order valence-electron chi connectivity index (χ4n) is 1.58. The van der Waals surface area contributed by atoms with Gasteiger partial charge in [-0.15, -0.1) is 24.8 Å². The molecule has 0 radical (unpaired) electrons. The van der Waals surface area contributed by atoms with Crippen LogP contribution in [0, 0.1) is 0 Å². The maximum absolute atomic E-state index is 12.5. The Labute approximate surface area is 135 Å². The van der Waals surface area contributed by atoms with Crippen LogP contribution in [0.25, 0.3) is 0 Å². The van der Waals surface area contributed by atoms with Crippen LogP contribution < -0.4 is 10.1 Å². The monoisotopic (exact) mass is 353 g/mol. The van der Waals surface area contributed by atoms with Gasteiger partial charge in [-0.05, 0) is 32.9 Å². The average Bonchev–Trinajstić information content (AvgIpc) is 2.36. The van der Waals surface area contributed by atoms with E-state index in [0.717, 1.165) is 6.07 Å². The first-order valence-corrected chi connectivity index (χ1v) is 6.94. The molecular weight excluding hydrogens is 339 g/mol. The van der Waals surface area contributed by atoms with Crippen LogP contribution in [0.15, 0.2) is 18.2 Å². The van der Waals surface area contributed by atoms with Crippen LogP contribution in [0.1, 0.15) is 31.1 Å². The topological polar surface area (TPSA) is 64.6 Å². The third kappa shape index (κ3) is 6.35. The van der Waals surface area contributed by atoms with Crippen LogP contribution in [0.4, 0.5) is 23.7 Å². The van der Waals surface area contributed by atoms with Crippen molar-refractivity contribution in [3.8, 4) is 5.75 Å². The fourth-order valence-corrected chi connectivity index (χ4v) is 1.72. The number of benzene rings is 1. The lowest BCUT2D eigenvalue weighted by atomic mass is 10.1. The molecular formula is C14H15ClF3NO4. The highest BCUT2D eigenvalue weighted by Crippen LogP contribution is 2.34. The molecule has 1 aromatic rings. The van der Waals surface area contributed by atoms with Crippen LogP contribution in [-0.2, 0) is 4.74 Å². The molecule has 0 atom stereocenters. The van der Waals surface area contributed by atoms with E-state index >= 15 is 0 Å². The minimum atomic E-state index is -4.99. The number of Topliss-reactive ketones (excluding diaryl/α,β-unsaturated/α-hetero) is 1. The van der Waals surface area contributed by atoms with Gasteiger partial charge in [-0.25, -0.2) is 4.79 Å². The summed E-state index contributed by atoms with van der Waals surface area (Å²) in [4.78, 5) is 23.6. The van der Waals surface area contributed by atoms with Gasteiger partial charge in [0.1, 0.15) is 5.60 Å². The first-order valence-electron chi connectivity index (χ1n) is 6.41. The summed E-state index contributed by atoms with van der Waals surface area (Å²) >= 11 is 5.43. The molecule has 1 aromatic carbocycles. The van der Waals surface area contributed by atoms with E-state index in [1.165, 1.54) is 12.1 Å². The molecule has 0 unspecified atom stereocenters. The zero-order valence-electron chi connectivity index (χ0n) is 12.6. The highest BCUT2D eigenvalue weighted by atomic mass is 35.5. The Morgan fingerprint density at radius 1 is 1.22 bits per heavy atom. The molecule has 0 heterocycles. The van der Waals surface area contributed by atoms with Gasteiger partial charge in [-0.3, -0.25) is 10.1 Å². The van der Waals surface area contributed by atoms with Crippen molar-refractivity contribution in [1.82, 2.24) is 0 Å². The van der Waals surface area contributed by atoms with Gasteiger partial charge in [0.25, 0.3) is 0 Å². The molecule has 0 aliphatic carbocycles. The van der Waals surface area contributed by atoms with Gasteiger partial charge < -0.3 is 9.47 Å². The Hall–Kier alpha value is -1.96. The highest BCUT2D eigenvalue weighted by Gasteiger charge is 2.33. The molecule has 9 heteroatoms. The molecule has 0 spiro atoms. The van der Waals surface area contributed by atoms with Gasteiger partial charge in [-0.1, -0.05) is 6.07 Å². The van der Waals surface area contributed by atoms with Gasteiger partial charge in [0.15, 0.2) is 11.5 Å². The van der Waals surface area contributed by atoms with E-state index in [1.807, 2.05) is 0 Å². The van der Waals surface area contributed by atoms with E-state index in [1.54, 1.807) is 20.8 Å². The predicted molar refractivity (Wildman–Crippen MR) is 78.0 cm³/mol. The molecule has 0 fully saturated rings. The number of ketones is 1. The smallest absolute Gasteiger partial charge is 0.444 e. The molecule has 0 saturated heterocycles. The van der Waals surface area contributed by atoms with Crippen molar-refractivity contribution >= 4 is 29.2 Å². The summed E-state index contributed by atoms with van der Waals surface area (Å²) in [6.07, 6.45) is -6.02. The zero-order valence-corrected chi connectivity index (χ0v) is 13.3. The van der Waals surface area contributed by atoms with Gasteiger partial charge in [0.2, 0.25) is 0 Å². The van der Waals surface area contributed by atoms with Crippen LogP contribution >= 0.6 is 11.6 Å². The van der Waals surface area contributed by atoms with Gasteiger partial charge in [0.05, 0.1) is 11.6 Å². The fraction of sp³-hybridized carbons (Fsp3) is 0.429. The predicted octanol–water partition coefficient (Wildman–Crippen LogP) is 4.35. The summed E-state index contributed by atoms with van der Waals surface area (Å²) in [6, 6.07) is 3.37. The number of amides is 1. The van der Waals surface area contributed by atoms with Crippen LogP contribution in [0.3, 0.4) is 0 Å². The van der Waals surface area contributed by atoms with Gasteiger partial charge >= 0.3 is 12.5 Å². The molecule has 0 aliphatic heterocycles. The third-order valence-electron chi connectivity index (χ3n) is 2.30. The maximum Gasteiger partial charge on any atom is 0.573 e. The number of carbonyl (C=O) groups excluding carboxylic acids is 2. The Balaban J connectivity index is 3.23. The number of anilines is 1. The number of hydrogen-bond donors (Lipinski definition) is 1. The van der Waals surface area contributed by atoms with Crippen molar-refractivity contribution in [2.45, 2.75) is 32.7 Å². The minimum absolute atomic E-state index is 0.215.